The number of fused-ring (bicyclic) bond motifs is 4. The molecule has 206 valence electrons. The molecule has 1 heterocycles. The number of carbonyl (C=O) groups is 2. The standard InChI is InChI=1S/C30H35N3O5S/c1-30(31)19-24-12-7-11-22(15-24)13-8-14-33(20-23-9-5-4-6-10-23)28(34)26-16-25(21-38-29(30)35)17-27(18-26)32(2)39(3,36)37/h4-7,9-12,15-18H,8,13-14,19-21,31H2,1-3H3. The van der Waals surface area contributed by atoms with Crippen LogP contribution in [0.25, 0.3) is 0 Å². The molecule has 0 fully saturated rings. The summed E-state index contributed by atoms with van der Waals surface area (Å²) in [6, 6.07) is 22.5. The highest BCUT2D eigenvalue weighted by atomic mass is 32.2. The maximum atomic E-state index is 13.9. The number of carbonyl (C=O) groups excluding carboxylic acids is 2. The normalized spacial score (nSPS) is 18.9. The lowest BCUT2D eigenvalue weighted by molar-refractivity contribution is -0.150. The predicted octanol–water partition coefficient (Wildman–Crippen LogP) is 3.67. The lowest BCUT2D eigenvalue weighted by Gasteiger charge is -2.26. The van der Waals surface area contributed by atoms with Gasteiger partial charge in [0.25, 0.3) is 5.91 Å². The van der Waals surface area contributed by atoms with Gasteiger partial charge in [0.05, 0.1) is 11.9 Å². The Morgan fingerprint density at radius 1 is 0.974 bits per heavy atom. The Kier molecular flexibility index (Phi) is 8.42. The number of hydrogen-bond donors (Lipinski definition) is 1. The predicted molar refractivity (Wildman–Crippen MR) is 152 cm³/mol. The Balaban J connectivity index is 1.76. The number of hydrogen-bond acceptors (Lipinski definition) is 6. The van der Waals surface area contributed by atoms with Gasteiger partial charge in [0, 0.05) is 32.1 Å². The van der Waals surface area contributed by atoms with Gasteiger partial charge in [0.1, 0.15) is 12.1 Å². The average molecular weight is 550 g/mol. The first-order valence-corrected chi connectivity index (χ1v) is 14.7. The molecular weight excluding hydrogens is 514 g/mol. The molecule has 0 saturated heterocycles. The van der Waals surface area contributed by atoms with E-state index < -0.39 is 21.5 Å². The van der Waals surface area contributed by atoms with E-state index >= 15 is 0 Å². The molecule has 0 radical (unpaired) electrons. The van der Waals surface area contributed by atoms with Crippen LogP contribution in [0.5, 0.6) is 0 Å². The Bertz CT molecular complexity index is 1450. The topological polar surface area (TPSA) is 110 Å². The van der Waals surface area contributed by atoms with Crippen molar-refractivity contribution in [1.82, 2.24) is 4.90 Å². The quantitative estimate of drug-likeness (QED) is 0.498. The zero-order valence-electron chi connectivity index (χ0n) is 22.6. The number of aryl methyl sites for hydroxylation is 1. The van der Waals surface area contributed by atoms with Gasteiger partial charge in [-0.25, -0.2) is 8.42 Å². The maximum Gasteiger partial charge on any atom is 0.326 e. The van der Waals surface area contributed by atoms with E-state index in [9.17, 15) is 18.0 Å². The summed E-state index contributed by atoms with van der Waals surface area (Å²) in [6.07, 6.45) is 2.86. The highest BCUT2D eigenvalue weighted by molar-refractivity contribution is 7.92. The third-order valence-corrected chi connectivity index (χ3v) is 8.09. The van der Waals surface area contributed by atoms with E-state index in [4.69, 9.17) is 10.5 Å². The van der Waals surface area contributed by atoms with Gasteiger partial charge in [0.15, 0.2) is 0 Å². The van der Waals surface area contributed by atoms with Crippen molar-refractivity contribution >= 4 is 27.6 Å². The first-order valence-electron chi connectivity index (χ1n) is 12.9. The fraction of sp³-hybridized carbons (Fsp3) is 0.333. The molecule has 4 rings (SSSR count). The third-order valence-electron chi connectivity index (χ3n) is 6.88. The lowest BCUT2D eigenvalue weighted by atomic mass is 9.92. The van der Waals surface area contributed by atoms with E-state index in [-0.39, 0.29) is 12.5 Å². The van der Waals surface area contributed by atoms with E-state index in [1.165, 1.54) is 7.05 Å². The number of esters is 1. The first-order chi connectivity index (χ1) is 18.4. The minimum atomic E-state index is -3.60. The van der Waals surface area contributed by atoms with Gasteiger partial charge >= 0.3 is 5.97 Å². The minimum absolute atomic E-state index is 0.157. The molecule has 1 aliphatic rings. The Labute approximate surface area is 230 Å². The number of nitrogens with two attached hydrogens (primary N) is 1. The number of sulfonamides is 1. The number of anilines is 1. The molecule has 0 aromatic heterocycles. The molecule has 0 aliphatic carbocycles. The fourth-order valence-corrected chi connectivity index (χ4v) is 5.16. The van der Waals surface area contributed by atoms with Crippen molar-refractivity contribution in [2.45, 2.75) is 44.9 Å². The van der Waals surface area contributed by atoms with Crippen LogP contribution in [0.15, 0.2) is 72.8 Å². The maximum absolute atomic E-state index is 13.9. The summed E-state index contributed by atoms with van der Waals surface area (Å²) in [6.45, 7) is 2.39. The monoisotopic (exact) mass is 549 g/mol. The molecule has 1 atom stereocenters. The van der Waals surface area contributed by atoms with Crippen LogP contribution in [0, 0.1) is 0 Å². The van der Waals surface area contributed by atoms with Crippen molar-refractivity contribution in [2.75, 3.05) is 24.2 Å². The summed E-state index contributed by atoms with van der Waals surface area (Å²) in [5.41, 5.74) is 9.23. The van der Waals surface area contributed by atoms with Crippen LogP contribution in [-0.4, -0.2) is 50.6 Å². The molecule has 0 saturated carbocycles. The summed E-state index contributed by atoms with van der Waals surface area (Å²) in [5, 5.41) is 0. The number of ether oxygens (including phenoxy) is 1. The van der Waals surface area contributed by atoms with Crippen LogP contribution in [0.1, 0.15) is 46.0 Å². The van der Waals surface area contributed by atoms with Crippen LogP contribution in [0.2, 0.25) is 0 Å². The van der Waals surface area contributed by atoms with Gasteiger partial charge in [-0.15, -0.1) is 0 Å². The second kappa shape index (κ2) is 11.6. The van der Waals surface area contributed by atoms with Gasteiger partial charge < -0.3 is 15.4 Å². The molecule has 1 aliphatic heterocycles. The number of benzene rings is 3. The van der Waals surface area contributed by atoms with Crippen LogP contribution in [-0.2, 0) is 45.5 Å². The largest absolute Gasteiger partial charge is 0.459 e. The van der Waals surface area contributed by atoms with Crippen molar-refractivity contribution in [3.05, 3.63) is 101 Å². The molecule has 1 amide bonds. The number of cyclic esters (lactones) is 1. The number of rotatable bonds is 4. The van der Waals surface area contributed by atoms with Gasteiger partial charge in [-0.05, 0) is 60.2 Å². The van der Waals surface area contributed by atoms with Gasteiger partial charge in [-0.3, -0.25) is 13.9 Å². The molecule has 3 aromatic carbocycles. The molecular formula is C30H35N3O5S. The summed E-state index contributed by atoms with van der Waals surface area (Å²) < 4.78 is 31.3. The highest BCUT2D eigenvalue weighted by Crippen LogP contribution is 2.24. The zero-order valence-corrected chi connectivity index (χ0v) is 23.4. The summed E-state index contributed by atoms with van der Waals surface area (Å²) in [5.74, 6) is -0.819. The molecule has 39 heavy (non-hydrogen) atoms. The van der Waals surface area contributed by atoms with E-state index in [1.807, 2.05) is 54.6 Å². The van der Waals surface area contributed by atoms with Gasteiger partial charge in [-0.1, -0.05) is 54.6 Å². The van der Waals surface area contributed by atoms with Gasteiger partial charge in [0.2, 0.25) is 10.0 Å². The van der Waals surface area contributed by atoms with Crippen molar-refractivity contribution in [2.24, 2.45) is 5.73 Å². The highest BCUT2D eigenvalue weighted by Gasteiger charge is 2.31. The van der Waals surface area contributed by atoms with E-state index in [0.29, 0.717) is 36.3 Å². The molecule has 3 aromatic rings. The van der Waals surface area contributed by atoms with Crippen molar-refractivity contribution in [1.29, 1.82) is 0 Å². The number of nitrogens with zero attached hydrogens (tertiary/aromatic N) is 2. The van der Waals surface area contributed by atoms with Gasteiger partial charge in [-0.2, -0.15) is 0 Å². The molecule has 8 nitrogen and oxygen atoms in total. The smallest absolute Gasteiger partial charge is 0.326 e. The second-order valence-electron chi connectivity index (χ2n) is 10.4. The minimum Gasteiger partial charge on any atom is -0.459 e. The summed E-state index contributed by atoms with van der Waals surface area (Å²) in [4.78, 5) is 28.7. The van der Waals surface area contributed by atoms with Crippen LogP contribution >= 0.6 is 0 Å². The van der Waals surface area contributed by atoms with E-state index in [2.05, 4.69) is 0 Å². The molecule has 0 spiro atoms. The number of amides is 1. The molecule has 9 heteroatoms. The average Bonchev–Trinajstić information content (AvgIpc) is 2.89. The SMILES string of the molecule is CN(c1cc2cc(c1)C(=O)N(Cc1ccccc1)CCCc1cccc(c1)CC(C)(N)C(=O)OC2)S(C)(=O)=O. The summed E-state index contributed by atoms with van der Waals surface area (Å²) >= 11 is 0. The Hall–Kier alpha value is -3.69. The molecule has 1 unspecified atom stereocenters. The van der Waals surface area contributed by atoms with Crippen LogP contribution in [0.3, 0.4) is 0 Å². The lowest BCUT2D eigenvalue weighted by Crippen LogP contribution is -2.48. The Morgan fingerprint density at radius 3 is 2.41 bits per heavy atom. The van der Waals surface area contributed by atoms with Crippen molar-refractivity contribution in [3.63, 3.8) is 0 Å². The zero-order chi connectivity index (χ0) is 28.2. The summed E-state index contributed by atoms with van der Waals surface area (Å²) in [7, 11) is -2.18. The van der Waals surface area contributed by atoms with E-state index in [0.717, 1.165) is 40.1 Å². The second-order valence-corrected chi connectivity index (χ2v) is 12.4. The third kappa shape index (κ3) is 7.25. The fourth-order valence-electron chi connectivity index (χ4n) is 4.67. The van der Waals surface area contributed by atoms with Crippen LogP contribution < -0.4 is 10.0 Å². The van der Waals surface area contributed by atoms with Crippen molar-refractivity contribution in [3.8, 4) is 0 Å². The molecule has 4 bridgehead atoms. The first kappa shape index (κ1) is 28.3. The molecule has 2 N–H and O–H groups in total. The van der Waals surface area contributed by atoms with Crippen LogP contribution in [0.4, 0.5) is 5.69 Å². The van der Waals surface area contributed by atoms with E-state index in [1.54, 1.807) is 30.0 Å². The Morgan fingerprint density at radius 2 is 1.69 bits per heavy atom. The van der Waals surface area contributed by atoms with Crippen molar-refractivity contribution < 1.29 is 22.7 Å².